The molecule has 0 aliphatic carbocycles. The molecule has 11 nitrogen and oxygen atoms in total. The van der Waals surface area contributed by atoms with Gasteiger partial charge in [0.1, 0.15) is 30.5 Å². The van der Waals surface area contributed by atoms with Crippen molar-refractivity contribution in [2.45, 2.75) is 68.8 Å². The molecule has 3 aliphatic rings. The van der Waals surface area contributed by atoms with Crippen LogP contribution in [-0.4, -0.2) is 99.7 Å². The number of hydrogen-bond donors (Lipinski definition) is 5. The van der Waals surface area contributed by atoms with Crippen LogP contribution in [0.2, 0.25) is 0 Å². The molecule has 8 atom stereocenters. The highest BCUT2D eigenvalue weighted by molar-refractivity contribution is 5.89. The van der Waals surface area contributed by atoms with Crippen LogP contribution < -0.4 is 0 Å². The van der Waals surface area contributed by atoms with Gasteiger partial charge in [0, 0.05) is 0 Å². The van der Waals surface area contributed by atoms with Crippen LogP contribution in [0.25, 0.3) is 0 Å². The van der Waals surface area contributed by atoms with Crippen LogP contribution in [0.15, 0.2) is 30.3 Å². The molecule has 3 heterocycles. The van der Waals surface area contributed by atoms with E-state index in [2.05, 4.69) is 4.74 Å². The Balaban J connectivity index is 0.000000229. The number of benzene rings is 1. The summed E-state index contributed by atoms with van der Waals surface area (Å²) in [5.41, 5.74) is 0.434. The zero-order valence-corrected chi connectivity index (χ0v) is 17.1. The first-order valence-electron chi connectivity index (χ1n) is 9.85. The van der Waals surface area contributed by atoms with E-state index in [0.29, 0.717) is 5.56 Å². The van der Waals surface area contributed by atoms with Crippen LogP contribution in [0.5, 0.6) is 0 Å². The lowest BCUT2D eigenvalue weighted by Gasteiger charge is -2.23. The van der Waals surface area contributed by atoms with Crippen molar-refractivity contribution < 1.29 is 54.0 Å². The summed E-state index contributed by atoms with van der Waals surface area (Å²) < 4.78 is 26.8. The molecule has 1 aromatic carbocycles. The van der Waals surface area contributed by atoms with Crippen LogP contribution >= 0.6 is 0 Å². The Morgan fingerprint density at radius 3 is 2.06 bits per heavy atom. The molecule has 3 aliphatic heterocycles. The maximum atomic E-state index is 12.1. The molecule has 0 bridgehead atoms. The van der Waals surface area contributed by atoms with E-state index in [4.69, 9.17) is 39.4 Å². The van der Waals surface area contributed by atoms with Gasteiger partial charge in [-0.05, 0) is 26.0 Å². The minimum atomic E-state index is -1.38. The Kier molecular flexibility index (Phi) is 7.63. The van der Waals surface area contributed by atoms with E-state index in [-0.39, 0.29) is 6.61 Å². The summed E-state index contributed by atoms with van der Waals surface area (Å²) in [7, 11) is 0. The van der Waals surface area contributed by atoms with E-state index < -0.39 is 67.6 Å². The molecule has 4 rings (SSSR count). The van der Waals surface area contributed by atoms with Gasteiger partial charge >= 0.3 is 5.97 Å². The highest BCUT2D eigenvalue weighted by Gasteiger charge is 2.56. The number of fused-ring (bicyclic) bond motifs is 1. The van der Waals surface area contributed by atoms with Gasteiger partial charge in [0.15, 0.2) is 18.2 Å². The highest BCUT2D eigenvalue weighted by atomic mass is 16.8. The SMILES string of the molecule is CC1(C)OC2C(OC(=O)c3ccccc3)O[C@@H](CO)C2O1.OC[C@@H]1OC(O)C(O)C1O. The van der Waals surface area contributed by atoms with E-state index in [1.54, 1.807) is 38.1 Å². The van der Waals surface area contributed by atoms with Crippen LogP contribution in [0, 0.1) is 0 Å². The van der Waals surface area contributed by atoms with E-state index in [0.717, 1.165) is 0 Å². The fourth-order valence-corrected chi connectivity index (χ4v) is 3.51. The predicted octanol–water partition coefficient (Wildman–Crippen LogP) is -1.50. The minimum Gasteiger partial charge on any atom is -0.429 e. The molecule has 5 N–H and O–H groups in total. The molecule has 0 spiro atoms. The fraction of sp³-hybridized carbons (Fsp3) is 0.650. The van der Waals surface area contributed by atoms with Crippen molar-refractivity contribution >= 4 is 5.97 Å². The van der Waals surface area contributed by atoms with E-state index >= 15 is 0 Å². The summed E-state index contributed by atoms with van der Waals surface area (Å²) >= 11 is 0. The number of carbonyl (C=O) groups excluding carboxylic acids is 1. The summed E-state index contributed by atoms with van der Waals surface area (Å²) in [6.45, 7) is 2.92. The first-order chi connectivity index (χ1) is 14.7. The number of aliphatic hydroxyl groups excluding tert-OH is 5. The second-order valence-corrected chi connectivity index (χ2v) is 7.79. The number of esters is 1. The predicted molar refractivity (Wildman–Crippen MR) is 101 cm³/mol. The Labute approximate surface area is 178 Å². The van der Waals surface area contributed by atoms with Crippen molar-refractivity contribution in [3.05, 3.63) is 35.9 Å². The second kappa shape index (κ2) is 9.86. The molecule has 31 heavy (non-hydrogen) atoms. The van der Waals surface area contributed by atoms with Gasteiger partial charge < -0.3 is 49.2 Å². The molecule has 0 amide bonds. The Hall–Kier alpha value is -1.67. The van der Waals surface area contributed by atoms with Crippen LogP contribution in [0.3, 0.4) is 0 Å². The van der Waals surface area contributed by atoms with Gasteiger partial charge in [0.05, 0.1) is 18.8 Å². The molecule has 0 aromatic heterocycles. The number of rotatable bonds is 4. The molecule has 0 radical (unpaired) electrons. The Morgan fingerprint density at radius 2 is 1.55 bits per heavy atom. The Morgan fingerprint density at radius 1 is 0.935 bits per heavy atom. The molecule has 0 saturated carbocycles. The van der Waals surface area contributed by atoms with Crippen molar-refractivity contribution in [2.24, 2.45) is 0 Å². The zero-order chi connectivity index (χ0) is 22.8. The summed E-state index contributed by atoms with van der Waals surface area (Å²) in [6.07, 6.45) is -7.19. The summed E-state index contributed by atoms with van der Waals surface area (Å²) in [6, 6.07) is 8.65. The van der Waals surface area contributed by atoms with E-state index in [1.165, 1.54) is 0 Å². The second-order valence-electron chi connectivity index (χ2n) is 7.79. The molecule has 3 saturated heterocycles. The average Bonchev–Trinajstić information content (AvgIpc) is 3.33. The smallest absolute Gasteiger partial charge is 0.340 e. The van der Waals surface area contributed by atoms with Gasteiger partial charge in [-0.1, -0.05) is 18.2 Å². The molecule has 1 aromatic rings. The third-order valence-electron chi connectivity index (χ3n) is 5.04. The van der Waals surface area contributed by atoms with Gasteiger partial charge in [-0.3, -0.25) is 0 Å². The van der Waals surface area contributed by atoms with Gasteiger partial charge in [-0.2, -0.15) is 0 Å². The molecule has 3 fully saturated rings. The minimum absolute atomic E-state index is 0.222. The van der Waals surface area contributed by atoms with Crippen molar-refractivity contribution in [3.8, 4) is 0 Å². The number of hydrogen-bond acceptors (Lipinski definition) is 11. The maximum absolute atomic E-state index is 12.1. The maximum Gasteiger partial charge on any atom is 0.340 e. The number of carbonyl (C=O) groups is 1. The molecular weight excluding hydrogens is 416 g/mol. The quantitative estimate of drug-likeness (QED) is 0.343. The van der Waals surface area contributed by atoms with Gasteiger partial charge in [0.2, 0.25) is 6.29 Å². The molecule has 11 heteroatoms. The normalized spacial score (nSPS) is 38.3. The van der Waals surface area contributed by atoms with E-state index in [1.807, 2.05) is 6.07 Å². The largest absolute Gasteiger partial charge is 0.429 e. The third kappa shape index (κ3) is 5.40. The summed E-state index contributed by atoms with van der Waals surface area (Å²) in [5, 5.41) is 44.3. The van der Waals surface area contributed by atoms with Gasteiger partial charge in [0.25, 0.3) is 0 Å². The van der Waals surface area contributed by atoms with Gasteiger partial charge in [-0.15, -0.1) is 0 Å². The first-order valence-corrected chi connectivity index (χ1v) is 9.85. The molecule has 174 valence electrons. The fourth-order valence-electron chi connectivity index (χ4n) is 3.51. The Bertz CT molecular complexity index is 727. The zero-order valence-electron chi connectivity index (χ0n) is 17.1. The monoisotopic (exact) mass is 444 g/mol. The standard InChI is InChI=1S/C15H18O6.C5H10O5/c1-15(2)20-11-10(8-16)18-14(12(11)21-15)19-13(17)9-6-4-3-5-7-9;6-1-2-3(7)4(8)5(9)10-2/h3-7,10-12,14,16H,8H2,1-2H3;2-9H,1H2/t10-,11?,12?,14?;2-,3?,4?,5?/m00/s1. The van der Waals surface area contributed by atoms with Crippen molar-refractivity contribution in [3.63, 3.8) is 0 Å². The first kappa shape index (κ1) is 24.0. The lowest BCUT2D eigenvalue weighted by atomic mass is 10.1. The van der Waals surface area contributed by atoms with E-state index in [9.17, 15) is 9.90 Å². The van der Waals surface area contributed by atoms with Crippen LogP contribution in [0.1, 0.15) is 24.2 Å². The van der Waals surface area contributed by atoms with Crippen molar-refractivity contribution in [2.75, 3.05) is 13.2 Å². The lowest BCUT2D eigenvalue weighted by molar-refractivity contribution is -0.223. The summed E-state index contributed by atoms with van der Waals surface area (Å²) in [4.78, 5) is 12.1. The van der Waals surface area contributed by atoms with Gasteiger partial charge in [-0.25, -0.2) is 4.79 Å². The molecule has 6 unspecified atom stereocenters. The number of aliphatic hydroxyl groups is 5. The van der Waals surface area contributed by atoms with Crippen LogP contribution in [-0.2, 0) is 23.7 Å². The van der Waals surface area contributed by atoms with Crippen molar-refractivity contribution in [1.82, 2.24) is 0 Å². The van der Waals surface area contributed by atoms with Crippen LogP contribution in [0.4, 0.5) is 0 Å². The topological polar surface area (TPSA) is 164 Å². The van der Waals surface area contributed by atoms with Crippen molar-refractivity contribution in [1.29, 1.82) is 0 Å². The highest BCUT2D eigenvalue weighted by Crippen LogP contribution is 2.39. The third-order valence-corrected chi connectivity index (χ3v) is 5.04. The average molecular weight is 444 g/mol. The number of ether oxygens (including phenoxy) is 5. The summed E-state index contributed by atoms with van der Waals surface area (Å²) in [5.74, 6) is -1.28. The lowest BCUT2D eigenvalue weighted by Crippen LogP contribution is -2.33. The molecular formula is C20H28O11.